The summed E-state index contributed by atoms with van der Waals surface area (Å²) < 4.78 is 14.9. The molecular weight excluding hydrogens is 373 g/mol. The van der Waals surface area contributed by atoms with Crippen LogP contribution in [0.4, 0.5) is 9.52 Å². The Kier molecular flexibility index (Phi) is 6.42. The topological polar surface area (TPSA) is 36.4 Å². The van der Waals surface area contributed by atoms with Crippen LogP contribution in [0.3, 0.4) is 0 Å². The third-order valence-corrected chi connectivity index (χ3v) is 6.04. The van der Waals surface area contributed by atoms with E-state index in [4.69, 9.17) is 0 Å². The Morgan fingerprint density at radius 3 is 2.54 bits per heavy atom. The molecule has 1 amide bonds. The minimum absolute atomic E-state index is 0.0900. The lowest BCUT2D eigenvalue weighted by atomic mass is 10.0. The number of nitrogens with zero attached hydrogens (tertiary/aromatic N) is 3. The molecular formula is C22H26FN3OS. The number of likely N-dealkylation sites (N-methyl/N-ethyl adjacent to an activating group) is 1. The molecule has 0 spiro atoms. The maximum atomic E-state index is 14.2. The normalized spacial score (nSPS) is 11.4. The van der Waals surface area contributed by atoms with Crippen LogP contribution in [0, 0.1) is 19.7 Å². The largest absolute Gasteiger partial charge is 0.302 e. The summed E-state index contributed by atoms with van der Waals surface area (Å²) in [5.74, 6) is -0.448. The van der Waals surface area contributed by atoms with E-state index in [2.05, 4.69) is 23.7 Å². The summed E-state index contributed by atoms with van der Waals surface area (Å²) in [4.78, 5) is 21.9. The second kappa shape index (κ2) is 8.80. The van der Waals surface area contributed by atoms with Crippen molar-refractivity contribution in [1.29, 1.82) is 0 Å². The second-order valence-electron chi connectivity index (χ2n) is 6.89. The van der Waals surface area contributed by atoms with Gasteiger partial charge in [-0.15, -0.1) is 0 Å². The van der Waals surface area contributed by atoms with Gasteiger partial charge in [-0.2, -0.15) is 0 Å². The molecule has 1 aromatic heterocycles. The van der Waals surface area contributed by atoms with E-state index in [0.29, 0.717) is 22.8 Å². The van der Waals surface area contributed by atoms with Crippen molar-refractivity contribution in [3.05, 3.63) is 58.9 Å². The molecule has 6 heteroatoms. The van der Waals surface area contributed by atoms with Crippen molar-refractivity contribution >= 4 is 32.6 Å². The summed E-state index contributed by atoms with van der Waals surface area (Å²) in [6, 6.07) is 10.8. The molecule has 3 aromatic rings. The van der Waals surface area contributed by atoms with Crippen molar-refractivity contribution in [2.24, 2.45) is 0 Å². The number of carbonyl (C=O) groups excluding carboxylic acids is 1. The molecule has 0 aliphatic rings. The fourth-order valence-electron chi connectivity index (χ4n) is 3.20. The quantitative estimate of drug-likeness (QED) is 0.558. The monoisotopic (exact) mass is 399 g/mol. The first kappa shape index (κ1) is 20.4. The summed E-state index contributed by atoms with van der Waals surface area (Å²) >= 11 is 1.35. The van der Waals surface area contributed by atoms with Gasteiger partial charge in [0.15, 0.2) is 5.13 Å². The first-order chi connectivity index (χ1) is 13.4. The maximum absolute atomic E-state index is 14.2. The molecule has 1 heterocycles. The first-order valence-electron chi connectivity index (χ1n) is 9.61. The van der Waals surface area contributed by atoms with Gasteiger partial charge in [-0.25, -0.2) is 9.37 Å². The van der Waals surface area contributed by atoms with Gasteiger partial charge in [0.2, 0.25) is 0 Å². The second-order valence-corrected chi connectivity index (χ2v) is 7.89. The number of hydrogen-bond acceptors (Lipinski definition) is 4. The van der Waals surface area contributed by atoms with E-state index in [0.717, 1.165) is 35.5 Å². The third-order valence-electron chi connectivity index (χ3n) is 4.99. The van der Waals surface area contributed by atoms with Gasteiger partial charge in [0.05, 0.1) is 4.70 Å². The van der Waals surface area contributed by atoms with Crippen molar-refractivity contribution in [2.75, 3.05) is 31.1 Å². The van der Waals surface area contributed by atoms with Crippen LogP contribution >= 0.6 is 11.3 Å². The summed E-state index contributed by atoms with van der Waals surface area (Å²) in [5, 5.41) is 0.540. The van der Waals surface area contributed by atoms with Gasteiger partial charge >= 0.3 is 0 Å². The van der Waals surface area contributed by atoms with Crippen LogP contribution in [-0.2, 0) is 0 Å². The van der Waals surface area contributed by atoms with E-state index < -0.39 is 0 Å². The lowest BCUT2D eigenvalue weighted by Gasteiger charge is -2.25. The highest BCUT2D eigenvalue weighted by molar-refractivity contribution is 7.22. The smallest absolute Gasteiger partial charge is 0.260 e. The number of halogens is 1. The van der Waals surface area contributed by atoms with E-state index in [1.807, 2.05) is 38.1 Å². The lowest BCUT2D eigenvalue weighted by molar-refractivity contribution is 0.0983. The summed E-state index contributed by atoms with van der Waals surface area (Å²) in [7, 11) is 0. The lowest BCUT2D eigenvalue weighted by Crippen LogP contribution is -2.39. The Hall–Kier alpha value is -2.31. The van der Waals surface area contributed by atoms with Gasteiger partial charge in [-0.1, -0.05) is 48.9 Å². The highest BCUT2D eigenvalue weighted by Crippen LogP contribution is 2.31. The van der Waals surface area contributed by atoms with Gasteiger partial charge in [0.1, 0.15) is 11.3 Å². The Labute approximate surface area is 169 Å². The molecule has 0 aliphatic heterocycles. The number of para-hydroxylation sites is 1. The van der Waals surface area contributed by atoms with Crippen molar-refractivity contribution in [3.63, 3.8) is 0 Å². The zero-order chi connectivity index (χ0) is 20.3. The predicted octanol–water partition coefficient (Wildman–Crippen LogP) is 5.04. The molecule has 0 radical (unpaired) electrons. The number of amides is 1. The maximum Gasteiger partial charge on any atom is 0.260 e. The Balaban J connectivity index is 2.01. The SMILES string of the molecule is CCN(CC)CCN(C(=O)c1cc(C)ccc1C)c1nc2c(F)cccc2s1. The van der Waals surface area contributed by atoms with E-state index in [9.17, 15) is 9.18 Å². The zero-order valence-electron chi connectivity index (χ0n) is 16.8. The van der Waals surface area contributed by atoms with E-state index in [1.165, 1.54) is 17.4 Å². The van der Waals surface area contributed by atoms with E-state index >= 15 is 0 Å². The van der Waals surface area contributed by atoms with Gasteiger partial charge in [-0.3, -0.25) is 9.69 Å². The number of aromatic nitrogens is 1. The molecule has 28 heavy (non-hydrogen) atoms. The van der Waals surface area contributed by atoms with Crippen molar-refractivity contribution in [2.45, 2.75) is 27.7 Å². The molecule has 0 saturated carbocycles. The zero-order valence-corrected chi connectivity index (χ0v) is 17.6. The van der Waals surface area contributed by atoms with E-state index in [-0.39, 0.29) is 11.7 Å². The average molecular weight is 400 g/mol. The van der Waals surface area contributed by atoms with Crippen molar-refractivity contribution < 1.29 is 9.18 Å². The Morgan fingerprint density at radius 2 is 1.86 bits per heavy atom. The number of benzene rings is 2. The number of fused-ring (bicyclic) bond motifs is 1. The van der Waals surface area contributed by atoms with Crippen LogP contribution in [0.25, 0.3) is 10.2 Å². The number of aryl methyl sites for hydroxylation is 2. The van der Waals surface area contributed by atoms with Crippen LogP contribution in [0.2, 0.25) is 0 Å². The molecule has 2 aromatic carbocycles. The predicted molar refractivity (Wildman–Crippen MR) is 115 cm³/mol. The summed E-state index contributed by atoms with van der Waals surface area (Å²) in [6.07, 6.45) is 0. The molecule has 3 rings (SSSR count). The van der Waals surface area contributed by atoms with Crippen LogP contribution < -0.4 is 4.90 Å². The van der Waals surface area contributed by atoms with Crippen LogP contribution in [0.15, 0.2) is 36.4 Å². The molecule has 0 N–H and O–H groups in total. The molecule has 0 aliphatic carbocycles. The fourth-order valence-corrected chi connectivity index (χ4v) is 4.20. The number of anilines is 1. The van der Waals surface area contributed by atoms with Gasteiger partial charge in [0.25, 0.3) is 5.91 Å². The Bertz CT molecular complexity index is 981. The first-order valence-corrected chi connectivity index (χ1v) is 10.4. The van der Waals surface area contributed by atoms with Crippen LogP contribution in [-0.4, -0.2) is 42.0 Å². The van der Waals surface area contributed by atoms with E-state index in [1.54, 1.807) is 11.0 Å². The minimum Gasteiger partial charge on any atom is -0.302 e. The Morgan fingerprint density at radius 1 is 1.11 bits per heavy atom. The fraction of sp³-hybridized carbons (Fsp3) is 0.364. The summed E-state index contributed by atoms with van der Waals surface area (Å²) in [5.41, 5.74) is 2.95. The van der Waals surface area contributed by atoms with Crippen LogP contribution in [0.5, 0.6) is 0 Å². The molecule has 0 fully saturated rings. The molecule has 0 atom stereocenters. The van der Waals surface area contributed by atoms with Crippen molar-refractivity contribution in [3.8, 4) is 0 Å². The number of hydrogen-bond donors (Lipinski definition) is 0. The number of rotatable bonds is 7. The van der Waals surface area contributed by atoms with Gasteiger partial charge < -0.3 is 4.90 Å². The minimum atomic E-state index is -0.358. The van der Waals surface area contributed by atoms with Gasteiger partial charge in [0, 0.05) is 18.7 Å². The standard InChI is InChI=1S/C22H26FN3OS/c1-5-25(6-2)12-13-26(21(27)17-14-15(3)10-11-16(17)4)22-24-20-18(23)8-7-9-19(20)28-22/h7-11,14H,5-6,12-13H2,1-4H3. The molecule has 148 valence electrons. The highest BCUT2D eigenvalue weighted by atomic mass is 32.1. The molecule has 0 bridgehead atoms. The van der Waals surface area contributed by atoms with Crippen molar-refractivity contribution in [1.82, 2.24) is 9.88 Å². The highest BCUT2D eigenvalue weighted by Gasteiger charge is 2.23. The number of carbonyl (C=O) groups is 1. The molecule has 4 nitrogen and oxygen atoms in total. The van der Waals surface area contributed by atoms with Gasteiger partial charge in [-0.05, 0) is 50.7 Å². The third kappa shape index (κ3) is 4.23. The summed E-state index contributed by atoms with van der Waals surface area (Å²) in [6.45, 7) is 11.2. The molecule has 0 saturated heterocycles. The average Bonchev–Trinajstić information content (AvgIpc) is 3.12. The van der Waals surface area contributed by atoms with Crippen LogP contribution in [0.1, 0.15) is 35.3 Å². The molecule has 0 unspecified atom stereocenters. The number of thiazole rings is 1.